The van der Waals surface area contributed by atoms with E-state index in [1.807, 2.05) is 31.2 Å². The number of benzene rings is 1. The molecule has 0 saturated carbocycles. The quantitative estimate of drug-likeness (QED) is 0.600. The van der Waals surface area contributed by atoms with Crippen LogP contribution in [0.1, 0.15) is 11.1 Å². The summed E-state index contributed by atoms with van der Waals surface area (Å²) in [6.45, 7) is 2.62. The van der Waals surface area contributed by atoms with Gasteiger partial charge in [0.25, 0.3) is 0 Å². The average Bonchev–Trinajstić information content (AvgIpc) is 3.33. The van der Waals surface area contributed by atoms with Gasteiger partial charge >= 0.3 is 6.01 Å². The summed E-state index contributed by atoms with van der Waals surface area (Å²) in [5.74, 6) is 0.461. The maximum absolute atomic E-state index is 5.62. The smallest absolute Gasteiger partial charge is 0.316 e. The molecule has 0 aliphatic heterocycles. The van der Waals surface area contributed by atoms with Crippen molar-refractivity contribution in [3.63, 3.8) is 0 Å². The lowest BCUT2D eigenvalue weighted by Gasteiger charge is -2.08. The minimum absolute atomic E-state index is 0.379. The Balaban J connectivity index is 1.45. The largest absolute Gasteiger partial charge is 0.403 e. The van der Waals surface area contributed by atoms with E-state index in [4.69, 9.17) is 4.42 Å². The number of rotatable bonds is 5. The van der Waals surface area contributed by atoms with Gasteiger partial charge in [-0.2, -0.15) is 5.10 Å². The molecule has 8 nitrogen and oxygen atoms in total. The summed E-state index contributed by atoms with van der Waals surface area (Å²) in [4.78, 5) is 7.95. The Kier molecular flexibility index (Phi) is 3.91. The molecule has 0 fully saturated rings. The third-order valence-electron chi connectivity index (χ3n) is 3.72. The molecule has 124 valence electrons. The summed E-state index contributed by atoms with van der Waals surface area (Å²) in [5.41, 5.74) is 4.04. The zero-order valence-corrected chi connectivity index (χ0v) is 13.5. The van der Waals surface area contributed by atoms with Gasteiger partial charge in [-0.25, -0.2) is 9.67 Å². The summed E-state index contributed by atoms with van der Waals surface area (Å²) in [7, 11) is 0. The second-order valence-corrected chi connectivity index (χ2v) is 5.46. The van der Waals surface area contributed by atoms with Crippen molar-refractivity contribution >= 4 is 6.01 Å². The fraction of sp³-hybridized carbons (Fsp3) is 0.118. The Morgan fingerprint density at radius 1 is 1.08 bits per heavy atom. The van der Waals surface area contributed by atoms with Crippen molar-refractivity contribution in [1.29, 1.82) is 0 Å². The van der Waals surface area contributed by atoms with Gasteiger partial charge < -0.3 is 9.73 Å². The summed E-state index contributed by atoms with van der Waals surface area (Å²) in [6.07, 6.45) is 6.57. The maximum atomic E-state index is 5.62. The van der Waals surface area contributed by atoms with Crippen molar-refractivity contribution in [2.24, 2.45) is 0 Å². The lowest BCUT2D eigenvalue weighted by molar-refractivity contribution is 0.580. The van der Waals surface area contributed by atoms with Gasteiger partial charge in [-0.1, -0.05) is 17.2 Å². The monoisotopic (exact) mass is 333 g/mol. The predicted octanol–water partition coefficient (Wildman–Crippen LogP) is 2.63. The van der Waals surface area contributed by atoms with Gasteiger partial charge in [0.05, 0.1) is 5.69 Å². The highest BCUT2D eigenvalue weighted by atomic mass is 16.4. The summed E-state index contributed by atoms with van der Waals surface area (Å²) in [5, 5.41) is 15.4. The van der Waals surface area contributed by atoms with Crippen LogP contribution in [0.2, 0.25) is 0 Å². The van der Waals surface area contributed by atoms with Gasteiger partial charge in [0, 0.05) is 24.5 Å². The van der Waals surface area contributed by atoms with E-state index in [0.29, 0.717) is 18.5 Å². The lowest BCUT2D eigenvalue weighted by atomic mass is 10.1. The molecule has 4 rings (SSSR count). The molecule has 0 aliphatic carbocycles. The topological polar surface area (TPSA) is 94.6 Å². The van der Waals surface area contributed by atoms with Crippen molar-refractivity contribution in [1.82, 2.24) is 29.9 Å². The Hall–Kier alpha value is -3.55. The third-order valence-corrected chi connectivity index (χ3v) is 3.72. The van der Waals surface area contributed by atoms with Gasteiger partial charge in [-0.15, -0.1) is 5.10 Å². The van der Waals surface area contributed by atoms with Crippen molar-refractivity contribution in [3.8, 4) is 17.1 Å². The number of hydrogen-bond acceptors (Lipinski definition) is 7. The molecule has 0 spiro atoms. The molecule has 3 heterocycles. The first-order chi connectivity index (χ1) is 12.3. The highest BCUT2D eigenvalue weighted by molar-refractivity contribution is 5.52. The van der Waals surface area contributed by atoms with Crippen LogP contribution in [0.4, 0.5) is 6.01 Å². The molecule has 4 aromatic rings. The van der Waals surface area contributed by atoms with Crippen LogP contribution in [0.5, 0.6) is 0 Å². The Morgan fingerprint density at radius 3 is 2.72 bits per heavy atom. The molecule has 0 aliphatic rings. The van der Waals surface area contributed by atoms with E-state index in [1.54, 1.807) is 23.4 Å². The zero-order chi connectivity index (χ0) is 17.1. The number of aromatic nitrogens is 6. The van der Waals surface area contributed by atoms with Crippen molar-refractivity contribution in [3.05, 3.63) is 66.5 Å². The molecule has 0 saturated heterocycles. The minimum Gasteiger partial charge on any atom is -0.403 e. The number of pyridine rings is 1. The predicted molar refractivity (Wildman–Crippen MR) is 91.0 cm³/mol. The van der Waals surface area contributed by atoms with E-state index in [-0.39, 0.29) is 0 Å². The number of nitrogens with zero attached hydrogens (tertiary/aromatic N) is 6. The van der Waals surface area contributed by atoms with Gasteiger partial charge in [0.15, 0.2) is 0 Å². The molecular weight excluding hydrogens is 318 g/mol. The van der Waals surface area contributed by atoms with Crippen LogP contribution in [0.25, 0.3) is 17.1 Å². The minimum atomic E-state index is 0.379. The lowest BCUT2D eigenvalue weighted by Crippen LogP contribution is -2.02. The normalized spacial score (nSPS) is 10.8. The second kappa shape index (κ2) is 6.52. The molecular formula is C17H15N7O. The highest BCUT2D eigenvalue weighted by Crippen LogP contribution is 2.20. The zero-order valence-electron chi connectivity index (χ0n) is 13.5. The van der Waals surface area contributed by atoms with Gasteiger partial charge in [0.1, 0.15) is 12.7 Å². The van der Waals surface area contributed by atoms with Crippen LogP contribution < -0.4 is 5.32 Å². The molecule has 0 bridgehead atoms. The fourth-order valence-electron chi connectivity index (χ4n) is 2.50. The van der Waals surface area contributed by atoms with Gasteiger partial charge in [-0.3, -0.25) is 4.98 Å². The Labute approximate surface area is 143 Å². The van der Waals surface area contributed by atoms with Crippen molar-refractivity contribution < 1.29 is 4.42 Å². The number of aryl methyl sites for hydroxylation is 1. The van der Waals surface area contributed by atoms with Crippen LogP contribution >= 0.6 is 0 Å². The molecule has 0 unspecified atom stereocenters. The van der Waals surface area contributed by atoms with Crippen LogP contribution in [-0.2, 0) is 6.54 Å². The molecule has 0 amide bonds. The molecule has 3 aromatic heterocycles. The first kappa shape index (κ1) is 15.0. The SMILES string of the molecule is Cc1cc(CNc2nnc(-c3ccncc3)o2)ccc1-n1cncn1. The first-order valence-corrected chi connectivity index (χ1v) is 7.72. The summed E-state index contributed by atoms with van der Waals surface area (Å²) in [6, 6.07) is 10.1. The average molecular weight is 333 g/mol. The molecule has 1 aromatic carbocycles. The maximum Gasteiger partial charge on any atom is 0.316 e. The van der Waals surface area contributed by atoms with E-state index in [2.05, 4.69) is 36.6 Å². The van der Waals surface area contributed by atoms with E-state index in [1.165, 1.54) is 6.33 Å². The van der Waals surface area contributed by atoms with E-state index < -0.39 is 0 Å². The first-order valence-electron chi connectivity index (χ1n) is 7.72. The molecule has 0 radical (unpaired) electrons. The number of nitrogens with one attached hydrogen (secondary N) is 1. The van der Waals surface area contributed by atoms with Crippen molar-refractivity contribution in [2.45, 2.75) is 13.5 Å². The van der Waals surface area contributed by atoms with Crippen LogP contribution in [0.3, 0.4) is 0 Å². The van der Waals surface area contributed by atoms with E-state index >= 15 is 0 Å². The number of anilines is 1. The summed E-state index contributed by atoms with van der Waals surface area (Å²) >= 11 is 0. The van der Waals surface area contributed by atoms with Crippen molar-refractivity contribution in [2.75, 3.05) is 5.32 Å². The Bertz CT molecular complexity index is 964. The molecule has 25 heavy (non-hydrogen) atoms. The molecule has 1 N–H and O–H groups in total. The third kappa shape index (κ3) is 3.23. The van der Waals surface area contributed by atoms with E-state index in [0.717, 1.165) is 22.4 Å². The molecule has 8 heteroatoms. The standard InChI is InChI=1S/C17H15N7O/c1-12-8-13(2-3-15(12)24-11-19-10-21-24)9-20-17-23-22-16(25-17)14-4-6-18-7-5-14/h2-8,10-11H,9H2,1H3,(H,20,23). The van der Waals surface area contributed by atoms with Gasteiger partial charge in [-0.05, 0) is 36.2 Å². The molecule has 0 atom stereocenters. The van der Waals surface area contributed by atoms with Gasteiger partial charge in [0.2, 0.25) is 5.89 Å². The van der Waals surface area contributed by atoms with E-state index in [9.17, 15) is 0 Å². The second-order valence-electron chi connectivity index (χ2n) is 5.46. The van der Waals surface area contributed by atoms with Crippen LogP contribution in [0.15, 0.2) is 59.8 Å². The fourth-order valence-corrected chi connectivity index (χ4v) is 2.50. The van der Waals surface area contributed by atoms with Crippen LogP contribution in [-0.4, -0.2) is 29.9 Å². The van der Waals surface area contributed by atoms with Crippen LogP contribution in [0, 0.1) is 6.92 Å². The summed E-state index contributed by atoms with van der Waals surface area (Å²) < 4.78 is 7.36. The number of hydrogen-bond donors (Lipinski definition) is 1. The highest BCUT2D eigenvalue weighted by Gasteiger charge is 2.08. The Morgan fingerprint density at radius 2 is 1.96 bits per heavy atom.